The largest absolute Gasteiger partial charge is 0.459 e. The number of thiazole rings is 1. The maximum absolute atomic E-state index is 12.0. The number of furan rings is 1. The molecule has 0 aliphatic rings. The number of aromatic nitrogens is 1. The van der Waals surface area contributed by atoms with Crippen LogP contribution in [0.5, 0.6) is 0 Å². The van der Waals surface area contributed by atoms with E-state index in [2.05, 4.69) is 17.2 Å². The molecule has 1 amide bonds. The lowest BCUT2D eigenvalue weighted by Gasteiger charge is -1.99. The van der Waals surface area contributed by atoms with Crippen molar-refractivity contribution >= 4 is 22.4 Å². The van der Waals surface area contributed by atoms with E-state index in [1.165, 1.54) is 17.6 Å². The van der Waals surface area contributed by atoms with Crippen LogP contribution in [0.2, 0.25) is 0 Å². The Labute approximate surface area is 126 Å². The van der Waals surface area contributed by atoms with Gasteiger partial charge in [-0.25, -0.2) is 4.98 Å². The summed E-state index contributed by atoms with van der Waals surface area (Å²) in [5.74, 6) is 0.000485. The highest BCUT2D eigenvalue weighted by atomic mass is 32.1. The molecule has 1 N–H and O–H groups in total. The second-order valence-corrected chi connectivity index (χ2v) is 5.53. The van der Waals surface area contributed by atoms with Crippen LogP contribution in [0.25, 0.3) is 11.3 Å². The van der Waals surface area contributed by atoms with Crippen LogP contribution in [-0.4, -0.2) is 10.9 Å². The smallest absolute Gasteiger partial charge is 0.293 e. The van der Waals surface area contributed by atoms with Crippen LogP contribution in [0.1, 0.15) is 22.4 Å². The average molecular weight is 298 g/mol. The van der Waals surface area contributed by atoms with Gasteiger partial charge in [-0.05, 0) is 18.6 Å². The molecule has 3 rings (SSSR count). The molecule has 21 heavy (non-hydrogen) atoms. The summed E-state index contributed by atoms with van der Waals surface area (Å²) in [5, 5.41) is 3.37. The van der Waals surface area contributed by atoms with E-state index >= 15 is 0 Å². The SMILES string of the molecule is CCc1sc(NC(=O)c2ccco2)nc1-c1ccccc1. The van der Waals surface area contributed by atoms with Crippen molar-refractivity contribution in [3.63, 3.8) is 0 Å². The average Bonchev–Trinajstić information content (AvgIpc) is 3.17. The molecule has 0 aliphatic carbocycles. The van der Waals surface area contributed by atoms with Gasteiger partial charge in [0.2, 0.25) is 0 Å². The van der Waals surface area contributed by atoms with Gasteiger partial charge in [-0.2, -0.15) is 0 Å². The number of nitrogens with one attached hydrogen (secondary N) is 1. The zero-order valence-corrected chi connectivity index (χ0v) is 12.3. The number of hydrogen-bond donors (Lipinski definition) is 1. The fraction of sp³-hybridized carbons (Fsp3) is 0.125. The maximum atomic E-state index is 12.0. The molecule has 3 aromatic rings. The van der Waals surface area contributed by atoms with Gasteiger partial charge in [-0.3, -0.25) is 10.1 Å². The third kappa shape index (κ3) is 2.87. The lowest BCUT2D eigenvalue weighted by atomic mass is 10.1. The summed E-state index contributed by atoms with van der Waals surface area (Å²) in [7, 11) is 0. The van der Waals surface area contributed by atoms with Crippen LogP contribution in [0, 0.1) is 0 Å². The molecule has 0 radical (unpaired) electrons. The van der Waals surface area contributed by atoms with E-state index < -0.39 is 0 Å². The summed E-state index contributed by atoms with van der Waals surface area (Å²) in [6, 6.07) is 13.3. The predicted octanol–water partition coefficient (Wildman–Crippen LogP) is 4.22. The summed E-state index contributed by atoms with van der Waals surface area (Å²) >= 11 is 1.50. The van der Waals surface area contributed by atoms with E-state index in [0.717, 1.165) is 22.6 Å². The third-order valence-electron chi connectivity index (χ3n) is 3.03. The summed E-state index contributed by atoms with van der Waals surface area (Å²) in [4.78, 5) is 17.7. The molecule has 0 aliphatic heterocycles. The monoisotopic (exact) mass is 298 g/mol. The Hall–Kier alpha value is -2.40. The van der Waals surface area contributed by atoms with Gasteiger partial charge in [0.15, 0.2) is 10.9 Å². The highest BCUT2D eigenvalue weighted by Gasteiger charge is 2.15. The van der Waals surface area contributed by atoms with Crippen molar-refractivity contribution in [1.29, 1.82) is 0 Å². The molecule has 0 unspecified atom stereocenters. The Morgan fingerprint density at radius 2 is 2.05 bits per heavy atom. The zero-order valence-electron chi connectivity index (χ0n) is 11.5. The first-order valence-electron chi connectivity index (χ1n) is 6.68. The fourth-order valence-corrected chi connectivity index (χ4v) is 2.95. The minimum atomic E-state index is -0.281. The van der Waals surface area contributed by atoms with Gasteiger partial charge in [0.25, 0.3) is 5.91 Å². The van der Waals surface area contributed by atoms with Crippen LogP contribution >= 0.6 is 11.3 Å². The molecule has 0 saturated carbocycles. The number of benzene rings is 1. The Balaban J connectivity index is 1.88. The molecule has 0 fully saturated rings. The van der Waals surface area contributed by atoms with E-state index in [4.69, 9.17) is 4.42 Å². The van der Waals surface area contributed by atoms with Crippen LogP contribution in [0.4, 0.5) is 5.13 Å². The summed E-state index contributed by atoms with van der Waals surface area (Å²) in [5.41, 5.74) is 1.99. The number of hydrogen-bond acceptors (Lipinski definition) is 4. The minimum absolute atomic E-state index is 0.281. The number of aryl methyl sites for hydroxylation is 1. The highest BCUT2D eigenvalue weighted by molar-refractivity contribution is 7.16. The van der Waals surface area contributed by atoms with Crippen LogP contribution in [0.15, 0.2) is 53.1 Å². The van der Waals surface area contributed by atoms with Gasteiger partial charge in [-0.1, -0.05) is 37.3 Å². The Morgan fingerprint density at radius 3 is 2.71 bits per heavy atom. The van der Waals surface area contributed by atoms with Gasteiger partial charge < -0.3 is 4.42 Å². The molecule has 0 bridgehead atoms. The first-order chi connectivity index (χ1) is 10.3. The summed E-state index contributed by atoms with van der Waals surface area (Å²) < 4.78 is 5.08. The molecule has 2 aromatic heterocycles. The number of nitrogens with zero attached hydrogens (tertiary/aromatic N) is 1. The first-order valence-corrected chi connectivity index (χ1v) is 7.49. The third-order valence-corrected chi connectivity index (χ3v) is 4.15. The van der Waals surface area contributed by atoms with E-state index in [1.807, 2.05) is 30.3 Å². The predicted molar refractivity (Wildman–Crippen MR) is 83.6 cm³/mol. The van der Waals surface area contributed by atoms with Crippen molar-refractivity contribution in [3.8, 4) is 11.3 Å². The number of anilines is 1. The Morgan fingerprint density at radius 1 is 1.24 bits per heavy atom. The molecule has 0 spiro atoms. The fourth-order valence-electron chi connectivity index (χ4n) is 2.03. The van der Waals surface area contributed by atoms with E-state index in [0.29, 0.717) is 5.13 Å². The second kappa shape index (κ2) is 5.93. The molecule has 5 heteroatoms. The molecule has 0 atom stereocenters. The molecule has 1 aromatic carbocycles. The van der Waals surface area contributed by atoms with E-state index in [9.17, 15) is 4.79 Å². The van der Waals surface area contributed by atoms with Crippen molar-refractivity contribution in [1.82, 2.24) is 4.98 Å². The molecule has 0 saturated heterocycles. The number of carbonyl (C=O) groups excluding carboxylic acids is 1. The van der Waals surface area contributed by atoms with Gasteiger partial charge in [0, 0.05) is 10.4 Å². The Bertz CT molecular complexity index is 733. The number of carbonyl (C=O) groups is 1. The Kier molecular flexibility index (Phi) is 3.83. The lowest BCUT2D eigenvalue weighted by Crippen LogP contribution is -2.10. The molecule has 2 heterocycles. The van der Waals surface area contributed by atoms with Gasteiger partial charge in [-0.15, -0.1) is 11.3 Å². The molecular weight excluding hydrogens is 284 g/mol. The van der Waals surface area contributed by atoms with Gasteiger partial charge in [0.1, 0.15) is 0 Å². The van der Waals surface area contributed by atoms with Crippen molar-refractivity contribution in [2.75, 3.05) is 5.32 Å². The minimum Gasteiger partial charge on any atom is -0.459 e. The van der Waals surface area contributed by atoms with Crippen molar-refractivity contribution in [2.45, 2.75) is 13.3 Å². The first kappa shape index (κ1) is 13.6. The molecule has 4 nitrogen and oxygen atoms in total. The van der Waals surface area contributed by atoms with Gasteiger partial charge in [0.05, 0.1) is 12.0 Å². The summed E-state index contributed by atoms with van der Waals surface area (Å²) in [6.07, 6.45) is 2.35. The number of rotatable bonds is 4. The van der Waals surface area contributed by atoms with Crippen molar-refractivity contribution in [2.24, 2.45) is 0 Å². The number of amides is 1. The van der Waals surface area contributed by atoms with Crippen LogP contribution in [-0.2, 0) is 6.42 Å². The lowest BCUT2D eigenvalue weighted by molar-refractivity contribution is 0.0996. The van der Waals surface area contributed by atoms with E-state index in [1.54, 1.807) is 12.1 Å². The van der Waals surface area contributed by atoms with E-state index in [-0.39, 0.29) is 11.7 Å². The maximum Gasteiger partial charge on any atom is 0.293 e. The second-order valence-electron chi connectivity index (χ2n) is 4.44. The highest BCUT2D eigenvalue weighted by Crippen LogP contribution is 2.31. The van der Waals surface area contributed by atoms with Gasteiger partial charge >= 0.3 is 0 Å². The van der Waals surface area contributed by atoms with Crippen LogP contribution in [0.3, 0.4) is 0 Å². The zero-order chi connectivity index (χ0) is 14.7. The quantitative estimate of drug-likeness (QED) is 0.784. The molecular formula is C16H14N2O2S. The van der Waals surface area contributed by atoms with Crippen molar-refractivity contribution < 1.29 is 9.21 Å². The topological polar surface area (TPSA) is 55.1 Å². The molecule has 106 valence electrons. The summed E-state index contributed by atoms with van der Waals surface area (Å²) in [6.45, 7) is 2.08. The van der Waals surface area contributed by atoms with Crippen molar-refractivity contribution in [3.05, 3.63) is 59.4 Å². The standard InChI is InChI=1S/C16H14N2O2S/c1-2-13-14(11-7-4-3-5-8-11)17-16(21-13)18-15(19)12-9-6-10-20-12/h3-10H,2H2,1H3,(H,17,18,19). The van der Waals surface area contributed by atoms with Crippen LogP contribution < -0.4 is 5.32 Å². The normalized spacial score (nSPS) is 10.5.